The van der Waals surface area contributed by atoms with Gasteiger partial charge in [0.1, 0.15) is 5.15 Å². The van der Waals surface area contributed by atoms with Crippen LogP contribution in [0, 0.1) is 0 Å². The summed E-state index contributed by atoms with van der Waals surface area (Å²) >= 11 is 6.76. The molecule has 1 rings (SSSR count). The van der Waals surface area contributed by atoms with Gasteiger partial charge in [0.15, 0.2) is 5.12 Å². The van der Waals surface area contributed by atoms with Gasteiger partial charge in [0, 0.05) is 24.4 Å². The van der Waals surface area contributed by atoms with Crippen molar-refractivity contribution in [2.45, 2.75) is 6.92 Å². The molecule has 1 heterocycles. The molecule has 0 amide bonds. The molecule has 1 N–H and O–H groups in total. The molecule has 0 fully saturated rings. The largest absolute Gasteiger partial charge is 0.478 e. The first-order valence-corrected chi connectivity index (χ1v) is 6.06. The second-order valence-electron chi connectivity index (χ2n) is 3.10. The summed E-state index contributed by atoms with van der Waals surface area (Å²) in [6, 6.07) is 1.29. The summed E-state index contributed by atoms with van der Waals surface area (Å²) in [7, 11) is 0. The number of nitrogens with zero attached hydrogens (tertiary/aromatic N) is 1. The Morgan fingerprint density at radius 3 is 2.88 bits per heavy atom. The van der Waals surface area contributed by atoms with Crippen LogP contribution in [0.4, 0.5) is 0 Å². The number of rotatable bonds is 4. The van der Waals surface area contributed by atoms with Gasteiger partial charge in [-0.3, -0.25) is 4.79 Å². The first kappa shape index (κ1) is 13.7. The zero-order valence-corrected chi connectivity index (χ0v) is 10.6. The molecule has 0 aliphatic heterocycles. The first-order valence-electron chi connectivity index (χ1n) is 4.69. The molecule has 0 aliphatic rings. The molecule has 0 atom stereocenters. The summed E-state index contributed by atoms with van der Waals surface area (Å²) in [4.78, 5) is 25.4. The maximum absolute atomic E-state index is 10.9. The van der Waals surface area contributed by atoms with Crippen LogP contribution in [0.5, 0.6) is 0 Å². The number of aromatic carboxylic acids is 1. The normalized spacial score (nSPS) is 10.7. The van der Waals surface area contributed by atoms with E-state index in [1.54, 1.807) is 12.2 Å². The number of thioether (sulfide) groups is 1. The Morgan fingerprint density at radius 2 is 2.29 bits per heavy atom. The van der Waals surface area contributed by atoms with Crippen LogP contribution >= 0.6 is 23.4 Å². The van der Waals surface area contributed by atoms with Crippen LogP contribution in [-0.2, 0) is 4.79 Å². The van der Waals surface area contributed by atoms with Gasteiger partial charge in [0.25, 0.3) is 0 Å². The Labute approximate surface area is 108 Å². The van der Waals surface area contributed by atoms with Crippen molar-refractivity contribution in [2.75, 3.05) is 5.75 Å². The molecule has 4 nitrogen and oxygen atoms in total. The predicted molar refractivity (Wildman–Crippen MR) is 68.4 cm³/mol. The fraction of sp³-hybridized carbons (Fsp3) is 0.182. The highest BCUT2D eigenvalue weighted by molar-refractivity contribution is 8.13. The van der Waals surface area contributed by atoms with Crippen LogP contribution in [0.2, 0.25) is 5.15 Å². The third-order valence-corrected chi connectivity index (χ3v) is 2.78. The number of hydrogen-bond acceptors (Lipinski definition) is 4. The third-order valence-electron chi connectivity index (χ3n) is 1.81. The highest BCUT2D eigenvalue weighted by atomic mass is 35.5. The molecule has 1 aromatic rings. The fourth-order valence-corrected chi connectivity index (χ4v) is 1.68. The average molecular weight is 272 g/mol. The van der Waals surface area contributed by atoms with Crippen molar-refractivity contribution in [1.82, 2.24) is 4.98 Å². The van der Waals surface area contributed by atoms with Gasteiger partial charge in [-0.2, -0.15) is 0 Å². The highest BCUT2D eigenvalue weighted by Gasteiger charge is 2.09. The van der Waals surface area contributed by atoms with Gasteiger partial charge < -0.3 is 5.11 Å². The van der Waals surface area contributed by atoms with E-state index in [4.69, 9.17) is 16.7 Å². The molecule has 90 valence electrons. The number of carboxylic acids is 1. The average Bonchev–Trinajstić information content (AvgIpc) is 2.25. The van der Waals surface area contributed by atoms with Crippen LogP contribution in [0.25, 0.3) is 6.08 Å². The molecule has 0 bridgehead atoms. The number of pyridine rings is 1. The lowest BCUT2D eigenvalue weighted by molar-refractivity contribution is -0.109. The van der Waals surface area contributed by atoms with E-state index in [0.29, 0.717) is 11.3 Å². The predicted octanol–water partition coefficient (Wildman–Crippen LogP) is 2.73. The van der Waals surface area contributed by atoms with Gasteiger partial charge in [0.2, 0.25) is 0 Å². The lowest BCUT2D eigenvalue weighted by Crippen LogP contribution is -2.00. The van der Waals surface area contributed by atoms with E-state index in [1.165, 1.54) is 19.2 Å². The zero-order chi connectivity index (χ0) is 12.8. The Bertz CT molecular complexity index is 474. The lowest BCUT2D eigenvalue weighted by atomic mass is 10.1. The van der Waals surface area contributed by atoms with Gasteiger partial charge in [0.05, 0.1) is 5.56 Å². The molecular weight excluding hydrogens is 262 g/mol. The molecule has 0 saturated heterocycles. The smallest absolute Gasteiger partial charge is 0.336 e. The molecule has 6 heteroatoms. The van der Waals surface area contributed by atoms with E-state index in [0.717, 1.165) is 11.8 Å². The van der Waals surface area contributed by atoms with Crippen molar-refractivity contribution in [3.8, 4) is 0 Å². The summed E-state index contributed by atoms with van der Waals surface area (Å²) in [5.41, 5.74) is 0.556. The second-order valence-corrected chi connectivity index (χ2v) is 4.69. The maximum atomic E-state index is 10.9. The molecule has 17 heavy (non-hydrogen) atoms. The lowest BCUT2D eigenvalue weighted by Gasteiger charge is -2.00. The summed E-state index contributed by atoms with van der Waals surface area (Å²) in [5, 5.41) is 9.11. The summed E-state index contributed by atoms with van der Waals surface area (Å²) in [6.45, 7) is 1.48. The molecule has 0 aliphatic carbocycles. The standard InChI is InChI=1S/C11H10ClNO3S/c1-7(14)17-4-2-3-8-6-13-10(12)5-9(8)11(15)16/h2-3,5-6H,4H2,1H3,(H,15,16). The van der Waals surface area contributed by atoms with Gasteiger partial charge in [-0.25, -0.2) is 9.78 Å². The number of halogens is 1. The molecule has 0 aromatic carbocycles. The van der Waals surface area contributed by atoms with Crippen LogP contribution in [0.3, 0.4) is 0 Å². The van der Waals surface area contributed by atoms with Crippen molar-refractivity contribution in [2.24, 2.45) is 0 Å². The minimum absolute atomic E-state index is 0.0161. The van der Waals surface area contributed by atoms with E-state index in [1.807, 2.05) is 0 Å². The van der Waals surface area contributed by atoms with Gasteiger partial charge in [-0.05, 0) is 6.07 Å². The molecule has 1 aromatic heterocycles. The van der Waals surface area contributed by atoms with Crippen LogP contribution in [0.1, 0.15) is 22.8 Å². The summed E-state index contributed by atoms with van der Waals surface area (Å²) < 4.78 is 0. The monoisotopic (exact) mass is 271 g/mol. The van der Waals surface area contributed by atoms with Crippen molar-refractivity contribution in [3.63, 3.8) is 0 Å². The van der Waals surface area contributed by atoms with E-state index >= 15 is 0 Å². The van der Waals surface area contributed by atoms with E-state index in [9.17, 15) is 9.59 Å². The number of carbonyl (C=O) groups excluding carboxylic acids is 1. The van der Waals surface area contributed by atoms with E-state index < -0.39 is 5.97 Å². The minimum atomic E-state index is -1.06. The first-order chi connectivity index (χ1) is 8.00. The van der Waals surface area contributed by atoms with Crippen molar-refractivity contribution < 1.29 is 14.7 Å². The highest BCUT2D eigenvalue weighted by Crippen LogP contribution is 2.15. The van der Waals surface area contributed by atoms with Crippen LogP contribution < -0.4 is 0 Å². The number of aromatic nitrogens is 1. The fourth-order valence-electron chi connectivity index (χ4n) is 1.10. The Hall–Kier alpha value is -1.33. The molecular formula is C11H10ClNO3S. The molecule has 0 spiro atoms. The topological polar surface area (TPSA) is 67.3 Å². The number of hydrogen-bond donors (Lipinski definition) is 1. The van der Waals surface area contributed by atoms with Crippen LogP contribution in [-0.4, -0.2) is 26.9 Å². The summed E-state index contributed by atoms with van der Waals surface area (Å²) in [5.74, 6) is -0.565. The van der Waals surface area contributed by atoms with Crippen molar-refractivity contribution in [3.05, 3.63) is 34.6 Å². The van der Waals surface area contributed by atoms with E-state index in [-0.39, 0.29) is 15.8 Å². The van der Waals surface area contributed by atoms with Gasteiger partial charge >= 0.3 is 5.97 Å². The quantitative estimate of drug-likeness (QED) is 0.853. The van der Waals surface area contributed by atoms with Crippen molar-refractivity contribution >= 4 is 40.5 Å². The Kier molecular flexibility index (Phi) is 5.18. The van der Waals surface area contributed by atoms with Gasteiger partial charge in [-0.1, -0.05) is 35.5 Å². The SMILES string of the molecule is CC(=O)SCC=Cc1cnc(Cl)cc1C(=O)O. The second kappa shape index (κ2) is 6.42. The molecule has 0 unspecified atom stereocenters. The number of carbonyl (C=O) groups is 2. The van der Waals surface area contributed by atoms with Crippen molar-refractivity contribution in [1.29, 1.82) is 0 Å². The van der Waals surface area contributed by atoms with Crippen LogP contribution in [0.15, 0.2) is 18.3 Å². The third kappa shape index (κ3) is 4.58. The number of carboxylic acid groups (broad SMARTS) is 1. The molecule has 0 saturated carbocycles. The van der Waals surface area contributed by atoms with E-state index in [2.05, 4.69) is 4.98 Å². The Balaban J connectivity index is 2.83. The minimum Gasteiger partial charge on any atom is -0.478 e. The Morgan fingerprint density at radius 1 is 1.59 bits per heavy atom. The summed E-state index contributed by atoms with van der Waals surface area (Å²) in [6.07, 6.45) is 4.72. The maximum Gasteiger partial charge on any atom is 0.336 e. The van der Waals surface area contributed by atoms with Gasteiger partial charge in [-0.15, -0.1) is 0 Å². The molecule has 0 radical (unpaired) electrons. The zero-order valence-electron chi connectivity index (χ0n) is 9.01.